The molecule has 7 nitrogen and oxygen atoms in total. The lowest BCUT2D eigenvalue weighted by Crippen LogP contribution is -2.28. The fourth-order valence-corrected chi connectivity index (χ4v) is 2.55. The lowest BCUT2D eigenvalue weighted by Gasteiger charge is -2.09. The molecule has 1 amide bonds. The summed E-state index contributed by atoms with van der Waals surface area (Å²) < 4.78 is 7.65. The quantitative estimate of drug-likeness (QED) is 0.797. The summed E-state index contributed by atoms with van der Waals surface area (Å²) in [5.74, 6) is 2.19. The zero-order valence-corrected chi connectivity index (χ0v) is 13.4. The van der Waals surface area contributed by atoms with E-state index in [0.29, 0.717) is 29.5 Å². The van der Waals surface area contributed by atoms with Crippen LogP contribution in [0.2, 0.25) is 0 Å². The van der Waals surface area contributed by atoms with Crippen LogP contribution in [0.5, 0.6) is 0 Å². The average Bonchev–Trinajstić information content (AvgIpc) is 3.09. The molecule has 2 heterocycles. The van der Waals surface area contributed by atoms with E-state index in [2.05, 4.69) is 34.5 Å². The smallest absolute Gasteiger partial charge is 0.273 e. The van der Waals surface area contributed by atoms with Crippen LogP contribution < -0.4 is 5.32 Å². The lowest BCUT2D eigenvalue weighted by atomic mass is 10.2. The zero-order valence-electron chi connectivity index (χ0n) is 12.6. The Balaban J connectivity index is 1.57. The highest BCUT2D eigenvalue weighted by molar-refractivity contribution is 7.71. The van der Waals surface area contributed by atoms with Crippen molar-refractivity contribution in [3.8, 4) is 0 Å². The molecule has 0 atom stereocenters. The van der Waals surface area contributed by atoms with Crippen molar-refractivity contribution in [1.82, 2.24) is 25.2 Å². The maximum atomic E-state index is 12.0. The summed E-state index contributed by atoms with van der Waals surface area (Å²) in [6, 6.07) is 1.73. The molecule has 2 N–H and O–H groups in total. The molecule has 0 unspecified atom stereocenters. The third-order valence-corrected chi connectivity index (χ3v) is 3.98. The lowest BCUT2D eigenvalue weighted by molar-refractivity contribution is 0.0943. The van der Waals surface area contributed by atoms with Crippen LogP contribution in [0.4, 0.5) is 0 Å². The van der Waals surface area contributed by atoms with Gasteiger partial charge in [0.2, 0.25) is 0 Å². The summed E-state index contributed by atoms with van der Waals surface area (Å²) in [4.78, 5) is 12.0. The molecule has 1 aliphatic rings. The van der Waals surface area contributed by atoms with Gasteiger partial charge in [0.1, 0.15) is 11.6 Å². The predicted molar refractivity (Wildman–Crippen MR) is 82.3 cm³/mol. The van der Waals surface area contributed by atoms with Crippen molar-refractivity contribution in [2.75, 3.05) is 6.54 Å². The van der Waals surface area contributed by atoms with Crippen LogP contribution in [0, 0.1) is 4.77 Å². The molecule has 0 aliphatic heterocycles. The van der Waals surface area contributed by atoms with Gasteiger partial charge in [0, 0.05) is 31.0 Å². The Morgan fingerprint density at radius 3 is 3.05 bits per heavy atom. The van der Waals surface area contributed by atoms with Crippen LogP contribution in [0.15, 0.2) is 10.6 Å². The maximum absolute atomic E-state index is 12.0. The highest BCUT2D eigenvalue weighted by Gasteiger charge is 2.28. The van der Waals surface area contributed by atoms with Crippen molar-refractivity contribution in [2.24, 2.45) is 0 Å². The number of carbonyl (C=O) groups excluding carboxylic acids is 1. The minimum absolute atomic E-state index is 0.225. The van der Waals surface area contributed by atoms with E-state index < -0.39 is 0 Å². The number of hydrogen-bond donors (Lipinski definition) is 2. The number of rotatable bonds is 6. The van der Waals surface area contributed by atoms with Crippen molar-refractivity contribution < 1.29 is 9.32 Å². The second-order valence-corrected chi connectivity index (χ2v) is 6.22. The molecule has 0 saturated heterocycles. The van der Waals surface area contributed by atoms with Gasteiger partial charge in [-0.3, -0.25) is 9.89 Å². The topological polar surface area (TPSA) is 88.7 Å². The number of H-pyrrole nitrogens is 1. The Bertz CT molecular complexity index is 726. The Labute approximate surface area is 133 Å². The average molecular weight is 321 g/mol. The van der Waals surface area contributed by atoms with Crippen LogP contribution in [0.1, 0.15) is 60.6 Å². The second-order valence-electron chi connectivity index (χ2n) is 5.84. The zero-order chi connectivity index (χ0) is 15.7. The Hall–Kier alpha value is -1.96. The van der Waals surface area contributed by atoms with Crippen LogP contribution in [0.3, 0.4) is 0 Å². The number of carbonyl (C=O) groups is 1. The van der Waals surface area contributed by atoms with Crippen LogP contribution in [-0.4, -0.2) is 32.4 Å². The van der Waals surface area contributed by atoms with Crippen molar-refractivity contribution in [3.63, 3.8) is 0 Å². The second kappa shape index (κ2) is 6.04. The SMILES string of the molecule is CC(C)c1n[nH]c(=S)n1CCNC(=O)c1cc(C2CC2)on1. The van der Waals surface area contributed by atoms with Gasteiger partial charge in [0.05, 0.1) is 0 Å². The van der Waals surface area contributed by atoms with E-state index in [4.69, 9.17) is 16.7 Å². The van der Waals surface area contributed by atoms with E-state index in [1.165, 1.54) is 0 Å². The highest BCUT2D eigenvalue weighted by atomic mass is 32.1. The van der Waals surface area contributed by atoms with Gasteiger partial charge in [-0.1, -0.05) is 19.0 Å². The van der Waals surface area contributed by atoms with Gasteiger partial charge in [0.15, 0.2) is 10.5 Å². The fourth-order valence-electron chi connectivity index (χ4n) is 2.32. The number of aromatic nitrogens is 4. The first-order chi connectivity index (χ1) is 10.6. The number of hydrogen-bond acceptors (Lipinski definition) is 5. The van der Waals surface area contributed by atoms with Gasteiger partial charge in [-0.25, -0.2) is 0 Å². The van der Waals surface area contributed by atoms with Crippen molar-refractivity contribution >= 4 is 18.1 Å². The van der Waals surface area contributed by atoms with E-state index in [0.717, 1.165) is 24.4 Å². The molecule has 1 saturated carbocycles. The standard InChI is InChI=1S/C14H19N5O2S/c1-8(2)12-16-17-14(22)19(12)6-5-15-13(20)10-7-11(21-18-10)9-3-4-9/h7-9H,3-6H2,1-2H3,(H,15,20)(H,17,22). The molecule has 0 spiro atoms. The summed E-state index contributed by atoms with van der Waals surface area (Å²) >= 11 is 5.21. The first-order valence-electron chi connectivity index (χ1n) is 7.46. The maximum Gasteiger partial charge on any atom is 0.273 e. The summed E-state index contributed by atoms with van der Waals surface area (Å²) in [5.41, 5.74) is 0.335. The highest BCUT2D eigenvalue weighted by Crippen LogP contribution is 2.40. The minimum atomic E-state index is -0.225. The van der Waals surface area contributed by atoms with Crippen LogP contribution in [0.25, 0.3) is 0 Å². The number of amides is 1. The third kappa shape index (κ3) is 3.11. The van der Waals surface area contributed by atoms with Gasteiger partial charge in [-0.2, -0.15) is 5.10 Å². The van der Waals surface area contributed by atoms with E-state index in [9.17, 15) is 4.79 Å². The number of nitrogens with zero attached hydrogens (tertiary/aromatic N) is 3. The summed E-state index contributed by atoms with van der Waals surface area (Å²) in [6.45, 7) is 5.13. The molecular formula is C14H19N5O2S. The third-order valence-electron chi connectivity index (χ3n) is 3.67. The van der Waals surface area contributed by atoms with Gasteiger partial charge in [-0.15, -0.1) is 0 Å². The van der Waals surface area contributed by atoms with Gasteiger partial charge in [0.25, 0.3) is 5.91 Å². The summed E-state index contributed by atoms with van der Waals surface area (Å²) in [5, 5.41) is 13.6. The molecule has 2 aromatic heterocycles. The molecule has 1 aliphatic carbocycles. The molecule has 22 heavy (non-hydrogen) atoms. The molecule has 2 aromatic rings. The van der Waals surface area contributed by atoms with Crippen LogP contribution in [-0.2, 0) is 6.54 Å². The Morgan fingerprint density at radius 1 is 1.59 bits per heavy atom. The number of aromatic amines is 1. The molecule has 3 rings (SSSR count). The first-order valence-corrected chi connectivity index (χ1v) is 7.87. The van der Waals surface area contributed by atoms with E-state index >= 15 is 0 Å². The Morgan fingerprint density at radius 2 is 2.36 bits per heavy atom. The van der Waals surface area contributed by atoms with E-state index in [-0.39, 0.29) is 11.8 Å². The normalized spacial score (nSPS) is 14.5. The van der Waals surface area contributed by atoms with Crippen molar-refractivity contribution in [2.45, 2.75) is 45.1 Å². The minimum Gasteiger partial charge on any atom is -0.360 e. The molecule has 0 aromatic carbocycles. The predicted octanol–water partition coefficient (Wildman–Crippen LogP) is 2.36. The fraction of sp³-hybridized carbons (Fsp3) is 0.571. The first kappa shape index (κ1) is 15.0. The molecule has 1 fully saturated rings. The molecule has 0 bridgehead atoms. The molecule has 8 heteroatoms. The van der Waals surface area contributed by atoms with Gasteiger partial charge in [-0.05, 0) is 25.1 Å². The molecular weight excluding hydrogens is 302 g/mol. The van der Waals surface area contributed by atoms with Gasteiger partial charge < -0.3 is 14.4 Å². The molecule has 0 radical (unpaired) electrons. The Kier molecular flexibility index (Phi) is 4.10. The van der Waals surface area contributed by atoms with Crippen molar-refractivity contribution in [3.05, 3.63) is 28.1 Å². The van der Waals surface area contributed by atoms with Crippen molar-refractivity contribution in [1.29, 1.82) is 0 Å². The number of nitrogens with one attached hydrogen (secondary N) is 2. The van der Waals surface area contributed by atoms with Gasteiger partial charge >= 0.3 is 0 Å². The largest absolute Gasteiger partial charge is 0.360 e. The summed E-state index contributed by atoms with van der Waals surface area (Å²) in [6.07, 6.45) is 2.24. The van der Waals surface area contributed by atoms with E-state index in [1.807, 2.05) is 4.57 Å². The van der Waals surface area contributed by atoms with E-state index in [1.54, 1.807) is 6.07 Å². The summed E-state index contributed by atoms with van der Waals surface area (Å²) in [7, 11) is 0. The van der Waals surface area contributed by atoms with Crippen LogP contribution >= 0.6 is 12.2 Å². The monoisotopic (exact) mass is 321 g/mol. The molecule has 118 valence electrons.